The van der Waals surface area contributed by atoms with E-state index in [4.69, 9.17) is 0 Å². The second-order valence-electron chi connectivity index (χ2n) is 5.59. The molecule has 0 saturated carbocycles. The summed E-state index contributed by atoms with van der Waals surface area (Å²) in [6.07, 6.45) is 0. The molecule has 0 saturated heterocycles. The average Bonchev–Trinajstić information content (AvgIpc) is 2.47. The minimum atomic E-state index is -0.179. The Morgan fingerprint density at radius 3 is 2.52 bits per heavy atom. The summed E-state index contributed by atoms with van der Waals surface area (Å²) in [5.41, 5.74) is 2.45. The predicted octanol–water partition coefficient (Wildman–Crippen LogP) is 4.86. The van der Waals surface area contributed by atoms with Crippen LogP contribution < -0.4 is 5.32 Å². The Hall–Kier alpha value is -1.32. The molecule has 0 unspecified atom stereocenters. The van der Waals surface area contributed by atoms with E-state index in [2.05, 4.69) is 43.4 Å². The molecule has 0 atom stereocenters. The van der Waals surface area contributed by atoms with Gasteiger partial charge in [-0.25, -0.2) is 4.39 Å². The van der Waals surface area contributed by atoms with Gasteiger partial charge in [0.2, 0.25) is 0 Å². The highest BCUT2D eigenvalue weighted by Crippen LogP contribution is 2.23. The monoisotopic (exact) mass is 303 g/mol. The fourth-order valence-electron chi connectivity index (χ4n) is 2.00. The Balaban J connectivity index is 1.87. The molecule has 0 fully saturated rings. The van der Waals surface area contributed by atoms with Gasteiger partial charge in [0, 0.05) is 17.2 Å². The quantitative estimate of drug-likeness (QED) is 0.733. The lowest BCUT2D eigenvalue weighted by Gasteiger charge is -2.09. The minimum Gasteiger partial charge on any atom is -0.312 e. The molecule has 0 aliphatic rings. The van der Waals surface area contributed by atoms with Crippen LogP contribution in [0, 0.1) is 11.7 Å². The smallest absolute Gasteiger partial charge is 0.123 e. The van der Waals surface area contributed by atoms with Crippen molar-refractivity contribution >= 4 is 11.8 Å². The summed E-state index contributed by atoms with van der Waals surface area (Å²) < 4.78 is 12.9. The molecule has 2 aromatic rings. The molecule has 3 heteroatoms. The van der Waals surface area contributed by atoms with Crippen molar-refractivity contribution in [3.63, 3.8) is 0 Å². The lowest BCUT2D eigenvalue weighted by atomic mass is 10.2. The lowest BCUT2D eigenvalue weighted by molar-refractivity contribution is 0.552. The minimum absolute atomic E-state index is 0.179. The molecular weight excluding hydrogens is 281 g/mol. The Kier molecular flexibility index (Phi) is 6.27. The summed E-state index contributed by atoms with van der Waals surface area (Å²) in [5, 5.41) is 3.46. The van der Waals surface area contributed by atoms with Crippen molar-refractivity contribution in [1.29, 1.82) is 0 Å². The lowest BCUT2D eigenvalue weighted by Crippen LogP contribution is -2.18. The van der Waals surface area contributed by atoms with Gasteiger partial charge in [0.05, 0.1) is 0 Å². The van der Waals surface area contributed by atoms with Crippen LogP contribution in [-0.4, -0.2) is 6.54 Å². The number of hydrogen-bond donors (Lipinski definition) is 1. The molecule has 0 aromatic heterocycles. The van der Waals surface area contributed by atoms with Gasteiger partial charge >= 0.3 is 0 Å². The molecule has 112 valence electrons. The van der Waals surface area contributed by atoms with E-state index >= 15 is 0 Å². The normalized spacial score (nSPS) is 11.0. The number of thioether (sulfide) groups is 1. The third kappa shape index (κ3) is 5.90. The van der Waals surface area contributed by atoms with Crippen LogP contribution in [0.2, 0.25) is 0 Å². The topological polar surface area (TPSA) is 12.0 Å². The first-order valence-electron chi connectivity index (χ1n) is 7.30. The summed E-state index contributed by atoms with van der Waals surface area (Å²) in [6, 6.07) is 15.3. The van der Waals surface area contributed by atoms with Gasteiger partial charge in [-0.15, -0.1) is 11.8 Å². The van der Waals surface area contributed by atoms with Crippen molar-refractivity contribution in [3.05, 3.63) is 65.5 Å². The molecule has 1 N–H and O–H groups in total. The highest BCUT2D eigenvalue weighted by atomic mass is 32.2. The Bertz CT molecular complexity index is 551. The van der Waals surface area contributed by atoms with Crippen LogP contribution in [0.5, 0.6) is 0 Å². The molecular formula is C18H22FNS. The van der Waals surface area contributed by atoms with E-state index in [0.717, 1.165) is 24.4 Å². The summed E-state index contributed by atoms with van der Waals surface area (Å²) in [4.78, 5) is 1.25. The third-order valence-electron chi connectivity index (χ3n) is 3.10. The van der Waals surface area contributed by atoms with Crippen molar-refractivity contribution in [2.75, 3.05) is 6.54 Å². The van der Waals surface area contributed by atoms with E-state index in [1.165, 1.54) is 22.6 Å². The molecule has 0 amide bonds. The fourth-order valence-corrected chi connectivity index (χ4v) is 2.93. The zero-order valence-electron chi connectivity index (χ0n) is 12.6. The first-order chi connectivity index (χ1) is 10.1. The van der Waals surface area contributed by atoms with Gasteiger partial charge in [-0.3, -0.25) is 0 Å². The second-order valence-corrected chi connectivity index (χ2v) is 6.64. The van der Waals surface area contributed by atoms with Crippen molar-refractivity contribution in [3.8, 4) is 0 Å². The summed E-state index contributed by atoms with van der Waals surface area (Å²) in [5.74, 6) is 1.35. The van der Waals surface area contributed by atoms with Crippen molar-refractivity contribution in [1.82, 2.24) is 5.32 Å². The highest BCUT2D eigenvalue weighted by molar-refractivity contribution is 7.98. The first kappa shape index (κ1) is 16.1. The molecule has 0 heterocycles. The third-order valence-corrected chi connectivity index (χ3v) is 4.16. The predicted molar refractivity (Wildman–Crippen MR) is 88.9 cm³/mol. The SMILES string of the molecule is CC(C)CNCc1cccc(SCc2ccc(F)cc2)c1. The molecule has 21 heavy (non-hydrogen) atoms. The van der Waals surface area contributed by atoms with Crippen LogP contribution in [0.25, 0.3) is 0 Å². The van der Waals surface area contributed by atoms with E-state index in [1.54, 1.807) is 11.8 Å². The van der Waals surface area contributed by atoms with Crippen LogP contribution in [-0.2, 0) is 12.3 Å². The van der Waals surface area contributed by atoms with Gasteiger partial charge in [0.25, 0.3) is 0 Å². The molecule has 0 bridgehead atoms. The second kappa shape index (κ2) is 8.20. The van der Waals surface area contributed by atoms with Crippen molar-refractivity contribution < 1.29 is 4.39 Å². The number of halogens is 1. The van der Waals surface area contributed by atoms with Crippen LogP contribution >= 0.6 is 11.8 Å². The van der Waals surface area contributed by atoms with Gasteiger partial charge < -0.3 is 5.32 Å². The number of benzene rings is 2. The van der Waals surface area contributed by atoms with E-state index in [0.29, 0.717) is 5.92 Å². The van der Waals surface area contributed by atoms with Crippen molar-refractivity contribution in [2.24, 2.45) is 5.92 Å². The highest BCUT2D eigenvalue weighted by Gasteiger charge is 2.00. The van der Waals surface area contributed by atoms with E-state index in [9.17, 15) is 4.39 Å². The molecule has 0 radical (unpaired) electrons. The standard InChI is InChI=1S/C18H22FNS/c1-14(2)11-20-12-16-4-3-5-18(10-16)21-13-15-6-8-17(19)9-7-15/h3-10,14,20H,11-13H2,1-2H3. The molecule has 0 spiro atoms. The summed E-state index contributed by atoms with van der Waals surface area (Å²) in [6.45, 7) is 6.36. The van der Waals surface area contributed by atoms with Gasteiger partial charge in [-0.1, -0.05) is 38.1 Å². The molecule has 0 aliphatic heterocycles. The Morgan fingerprint density at radius 2 is 1.81 bits per heavy atom. The number of nitrogens with one attached hydrogen (secondary N) is 1. The van der Waals surface area contributed by atoms with E-state index in [1.807, 2.05) is 12.1 Å². The zero-order chi connectivity index (χ0) is 15.1. The first-order valence-corrected chi connectivity index (χ1v) is 8.29. The number of rotatable bonds is 7. The maximum atomic E-state index is 12.9. The fraction of sp³-hybridized carbons (Fsp3) is 0.333. The number of hydrogen-bond acceptors (Lipinski definition) is 2. The van der Waals surface area contributed by atoms with Gasteiger partial charge in [0.1, 0.15) is 5.82 Å². The zero-order valence-corrected chi connectivity index (χ0v) is 13.4. The van der Waals surface area contributed by atoms with Crippen molar-refractivity contribution in [2.45, 2.75) is 31.0 Å². The summed E-state index contributed by atoms with van der Waals surface area (Å²) in [7, 11) is 0. The largest absolute Gasteiger partial charge is 0.312 e. The van der Waals surface area contributed by atoms with Gasteiger partial charge in [0.15, 0.2) is 0 Å². The Morgan fingerprint density at radius 1 is 1.05 bits per heavy atom. The molecule has 2 rings (SSSR count). The van der Waals surface area contributed by atoms with Gasteiger partial charge in [-0.2, -0.15) is 0 Å². The van der Waals surface area contributed by atoms with Crippen LogP contribution in [0.1, 0.15) is 25.0 Å². The summed E-state index contributed by atoms with van der Waals surface area (Å²) >= 11 is 1.78. The Labute approximate surface area is 131 Å². The average molecular weight is 303 g/mol. The molecule has 1 nitrogen and oxygen atoms in total. The maximum Gasteiger partial charge on any atom is 0.123 e. The molecule has 0 aliphatic carbocycles. The maximum absolute atomic E-state index is 12.9. The molecule has 2 aromatic carbocycles. The van der Waals surface area contributed by atoms with Gasteiger partial charge in [-0.05, 0) is 47.9 Å². The van der Waals surface area contributed by atoms with Crippen LogP contribution in [0.15, 0.2) is 53.4 Å². The van der Waals surface area contributed by atoms with E-state index in [-0.39, 0.29) is 5.82 Å². The van der Waals surface area contributed by atoms with Crippen LogP contribution in [0.4, 0.5) is 4.39 Å². The van der Waals surface area contributed by atoms with Crippen LogP contribution in [0.3, 0.4) is 0 Å². The van der Waals surface area contributed by atoms with E-state index < -0.39 is 0 Å².